The molecule has 196 valence electrons. The molecule has 0 heterocycles. The second-order valence-corrected chi connectivity index (χ2v) is 11.4. The Hall–Kier alpha value is -2.58. The lowest BCUT2D eigenvalue weighted by molar-refractivity contribution is -0.142. The molecule has 2 amide bonds. The second kappa shape index (κ2) is 12.3. The fourth-order valence-electron chi connectivity index (χ4n) is 3.41. The minimum Gasteiger partial charge on any atom is -0.457 e. The van der Waals surface area contributed by atoms with Gasteiger partial charge in [-0.25, -0.2) is 0 Å². The maximum absolute atomic E-state index is 12.9. The summed E-state index contributed by atoms with van der Waals surface area (Å²) in [5, 5.41) is 3.61. The van der Waals surface area contributed by atoms with Crippen LogP contribution in [0.4, 0.5) is 5.69 Å². The number of likely N-dealkylation sites (N-methyl/N-ethyl adjacent to an activating group) is 1. The van der Waals surface area contributed by atoms with Gasteiger partial charge in [0.2, 0.25) is 0 Å². The first-order valence-electron chi connectivity index (χ1n) is 11.5. The number of anilines is 1. The Morgan fingerprint density at radius 2 is 1.68 bits per heavy atom. The lowest BCUT2D eigenvalue weighted by Gasteiger charge is -2.21. The fraction of sp³-hybridized carbons (Fsp3) is 0.286. The van der Waals surface area contributed by atoms with E-state index in [0.29, 0.717) is 39.4 Å². The van der Waals surface area contributed by atoms with E-state index in [2.05, 4.69) is 21.2 Å². The van der Waals surface area contributed by atoms with Gasteiger partial charge in [-0.15, -0.1) is 0 Å². The molecule has 0 spiro atoms. The van der Waals surface area contributed by atoms with Gasteiger partial charge in [0.25, 0.3) is 0 Å². The molecule has 0 saturated carbocycles. The van der Waals surface area contributed by atoms with Crippen molar-refractivity contribution in [3.05, 3.63) is 85.8 Å². The minimum atomic E-state index is -0.735. The van der Waals surface area contributed by atoms with E-state index in [0.717, 1.165) is 15.6 Å². The van der Waals surface area contributed by atoms with Gasteiger partial charge in [0.05, 0.1) is 12.2 Å². The number of nitrogens with zero attached hydrogens (tertiary/aromatic N) is 1. The van der Waals surface area contributed by atoms with E-state index in [1.54, 1.807) is 37.4 Å². The third-order valence-corrected chi connectivity index (χ3v) is 6.33. The summed E-state index contributed by atoms with van der Waals surface area (Å²) in [6.45, 7) is 8.37. The highest BCUT2D eigenvalue weighted by atomic mass is 79.9. The molecule has 0 saturated heterocycles. The van der Waals surface area contributed by atoms with E-state index in [9.17, 15) is 9.59 Å². The van der Waals surface area contributed by atoms with Gasteiger partial charge in [0, 0.05) is 39.4 Å². The SMILES string of the molecule is Cc1c(COC(C)(C)C)cccc1NC(=O)C(=O)N(C)Cc1ccc(Br)cc1Oc1cc(Cl)cc(Cl)c1. The van der Waals surface area contributed by atoms with Crippen molar-refractivity contribution in [1.82, 2.24) is 4.90 Å². The van der Waals surface area contributed by atoms with Gasteiger partial charge in [-0.3, -0.25) is 9.59 Å². The van der Waals surface area contributed by atoms with Crippen LogP contribution in [0, 0.1) is 6.92 Å². The Bertz CT molecular complexity index is 1290. The number of benzene rings is 3. The van der Waals surface area contributed by atoms with Crippen molar-refractivity contribution in [2.45, 2.75) is 46.4 Å². The molecule has 0 bridgehead atoms. The van der Waals surface area contributed by atoms with E-state index in [1.807, 2.05) is 52.0 Å². The van der Waals surface area contributed by atoms with Crippen LogP contribution in [0.15, 0.2) is 59.1 Å². The molecule has 9 heteroatoms. The molecule has 3 rings (SSSR count). The maximum atomic E-state index is 12.9. The molecule has 3 aromatic carbocycles. The van der Waals surface area contributed by atoms with Gasteiger partial charge in [-0.05, 0) is 75.2 Å². The number of carbonyl (C=O) groups excluding carboxylic acids is 2. The van der Waals surface area contributed by atoms with Crippen LogP contribution in [0.1, 0.15) is 37.5 Å². The Morgan fingerprint density at radius 3 is 2.32 bits per heavy atom. The highest BCUT2D eigenvalue weighted by Crippen LogP contribution is 2.32. The van der Waals surface area contributed by atoms with Crippen molar-refractivity contribution in [1.29, 1.82) is 0 Å². The minimum absolute atomic E-state index is 0.140. The van der Waals surface area contributed by atoms with Crippen LogP contribution < -0.4 is 10.1 Å². The zero-order chi connectivity index (χ0) is 27.3. The molecular weight excluding hydrogens is 579 g/mol. The summed E-state index contributed by atoms with van der Waals surface area (Å²) < 4.78 is 12.7. The summed E-state index contributed by atoms with van der Waals surface area (Å²) in [4.78, 5) is 27.1. The first kappa shape index (κ1) is 29.0. The Labute approximate surface area is 236 Å². The molecule has 0 aromatic heterocycles. The van der Waals surface area contributed by atoms with Crippen molar-refractivity contribution < 1.29 is 19.1 Å². The van der Waals surface area contributed by atoms with Gasteiger partial charge in [-0.2, -0.15) is 0 Å². The zero-order valence-corrected chi connectivity index (χ0v) is 24.4. The van der Waals surface area contributed by atoms with Gasteiger partial charge in [-0.1, -0.05) is 57.3 Å². The highest BCUT2D eigenvalue weighted by molar-refractivity contribution is 9.10. The van der Waals surface area contributed by atoms with Gasteiger partial charge in [0.15, 0.2) is 0 Å². The molecule has 0 radical (unpaired) electrons. The molecule has 3 aromatic rings. The topological polar surface area (TPSA) is 67.9 Å². The second-order valence-electron chi connectivity index (χ2n) is 9.57. The Balaban J connectivity index is 1.72. The van der Waals surface area contributed by atoms with Gasteiger partial charge < -0.3 is 19.7 Å². The van der Waals surface area contributed by atoms with Crippen LogP contribution in [0.3, 0.4) is 0 Å². The average molecular weight is 608 g/mol. The summed E-state index contributed by atoms with van der Waals surface area (Å²) >= 11 is 15.6. The summed E-state index contributed by atoms with van der Waals surface area (Å²) in [6.07, 6.45) is 0. The highest BCUT2D eigenvalue weighted by Gasteiger charge is 2.22. The van der Waals surface area contributed by atoms with Crippen molar-refractivity contribution in [3.8, 4) is 11.5 Å². The van der Waals surface area contributed by atoms with Crippen LogP contribution in [0.25, 0.3) is 0 Å². The maximum Gasteiger partial charge on any atom is 0.313 e. The summed E-state index contributed by atoms with van der Waals surface area (Å²) in [7, 11) is 1.56. The van der Waals surface area contributed by atoms with Gasteiger partial charge in [0.1, 0.15) is 11.5 Å². The largest absolute Gasteiger partial charge is 0.457 e. The fourth-order valence-corrected chi connectivity index (χ4v) is 4.26. The van der Waals surface area contributed by atoms with Crippen molar-refractivity contribution in [2.24, 2.45) is 0 Å². The first-order valence-corrected chi connectivity index (χ1v) is 13.1. The average Bonchev–Trinajstić information content (AvgIpc) is 2.79. The first-order chi connectivity index (χ1) is 17.3. The van der Waals surface area contributed by atoms with Crippen LogP contribution in [0.2, 0.25) is 10.0 Å². The summed E-state index contributed by atoms with van der Waals surface area (Å²) in [6, 6.07) is 15.8. The number of halogens is 3. The van der Waals surface area contributed by atoms with E-state index in [-0.39, 0.29) is 12.1 Å². The normalized spacial score (nSPS) is 11.2. The molecule has 1 N–H and O–H groups in total. The number of nitrogens with one attached hydrogen (secondary N) is 1. The Morgan fingerprint density at radius 1 is 1.00 bits per heavy atom. The molecule has 0 aliphatic heterocycles. The molecular formula is C28H29BrCl2N2O4. The number of rotatable bonds is 7. The van der Waals surface area contributed by atoms with Crippen molar-refractivity contribution in [3.63, 3.8) is 0 Å². The third kappa shape index (κ3) is 8.47. The molecule has 0 aliphatic carbocycles. The standard InChI is InChI=1S/C28H29BrCl2N2O4/c1-17-19(16-36-28(2,3)4)7-6-8-24(17)32-26(34)27(35)33(5)15-18-9-10-20(29)11-25(18)37-23-13-21(30)12-22(31)14-23/h6-14H,15-16H2,1-5H3,(H,32,34). The monoisotopic (exact) mass is 606 g/mol. The van der Waals surface area contributed by atoms with E-state index in [1.165, 1.54) is 4.90 Å². The smallest absolute Gasteiger partial charge is 0.313 e. The molecule has 0 fully saturated rings. The number of hydrogen-bond acceptors (Lipinski definition) is 4. The Kier molecular flexibility index (Phi) is 9.64. The molecule has 6 nitrogen and oxygen atoms in total. The van der Waals surface area contributed by atoms with E-state index >= 15 is 0 Å². The number of amides is 2. The van der Waals surface area contributed by atoms with E-state index < -0.39 is 11.8 Å². The van der Waals surface area contributed by atoms with Crippen LogP contribution >= 0.6 is 39.1 Å². The third-order valence-electron chi connectivity index (χ3n) is 5.40. The molecule has 0 unspecified atom stereocenters. The number of hydrogen-bond donors (Lipinski definition) is 1. The molecule has 0 aliphatic rings. The quantitative estimate of drug-likeness (QED) is 0.279. The van der Waals surface area contributed by atoms with Crippen LogP contribution in [-0.2, 0) is 27.5 Å². The van der Waals surface area contributed by atoms with Crippen LogP contribution in [-0.4, -0.2) is 29.4 Å². The lowest BCUT2D eigenvalue weighted by atomic mass is 10.1. The predicted octanol–water partition coefficient (Wildman–Crippen LogP) is 7.77. The lowest BCUT2D eigenvalue weighted by Crippen LogP contribution is -2.36. The number of carbonyl (C=O) groups is 2. The van der Waals surface area contributed by atoms with Gasteiger partial charge >= 0.3 is 11.8 Å². The molecule has 0 atom stereocenters. The summed E-state index contributed by atoms with van der Waals surface area (Å²) in [5.74, 6) is -0.472. The number of ether oxygens (including phenoxy) is 2. The van der Waals surface area contributed by atoms with E-state index in [4.69, 9.17) is 32.7 Å². The van der Waals surface area contributed by atoms with Crippen LogP contribution in [0.5, 0.6) is 11.5 Å². The summed E-state index contributed by atoms with van der Waals surface area (Å²) in [5.41, 5.74) is 2.75. The van der Waals surface area contributed by atoms with Crippen molar-refractivity contribution >= 4 is 56.6 Å². The van der Waals surface area contributed by atoms with Crippen molar-refractivity contribution in [2.75, 3.05) is 12.4 Å². The predicted molar refractivity (Wildman–Crippen MR) is 152 cm³/mol. The molecule has 37 heavy (non-hydrogen) atoms. The zero-order valence-electron chi connectivity index (χ0n) is 21.3.